The Morgan fingerprint density at radius 3 is 2.50 bits per heavy atom. The molecule has 5 heteroatoms. The summed E-state index contributed by atoms with van der Waals surface area (Å²) in [6.45, 7) is 4.31. The first-order chi connectivity index (χ1) is 8.41. The van der Waals surface area contributed by atoms with Crippen LogP contribution in [0.4, 0.5) is 0 Å². The number of ether oxygens (including phenoxy) is 1. The maximum absolute atomic E-state index is 11.9. The molecule has 4 nitrogen and oxygen atoms in total. The summed E-state index contributed by atoms with van der Waals surface area (Å²) in [6, 6.07) is 0. The van der Waals surface area contributed by atoms with Gasteiger partial charge in [0.05, 0.1) is 0 Å². The first-order valence-corrected chi connectivity index (χ1v) is 16.6. The fraction of sp³-hybridized carbons (Fsp3) is 0.692. The summed E-state index contributed by atoms with van der Waals surface area (Å²) in [6.07, 6.45) is 3.04. The average molecular weight is 360 g/mol. The van der Waals surface area contributed by atoms with E-state index in [4.69, 9.17) is 9.26 Å². The van der Waals surface area contributed by atoms with Crippen molar-refractivity contribution >= 4 is 27.9 Å². The molecule has 0 radical (unpaired) electrons. The molecule has 1 aromatic heterocycles. The molecular weight excluding hydrogens is 337 g/mol. The predicted octanol–water partition coefficient (Wildman–Crippen LogP) is 2.74. The molecule has 0 aromatic carbocycles. The summed E-state index contributed by atoms with van der Waals surface area (Å²) in [7, 11) is 0. The molecule has 0 amide bonds. The standard InChI is InChI=1S/C10H14NO3.3CH3.Sn/c1-3-5-6-8-7-9(11-14-8)10(12)13-4-2;;;;/h3-6H2,1-2H3;3*1H3;. The van der Waals surface area contributed by atoms with Gasteiger partial charge in [-0.1, -0.05) is 0 Å². The molecule has 0 atom stereocenters. The van der Waals surface area contributed by atoms with Crippen molar-refractivity contribution in [3.05, 3.63) is 11.5 Å². The number of rotatable bonds is 6. The zero-order valence-corrected chi connectivity index (χ0v) is 14.9. The van der Waals surface area contributed by atoms with E-state index in [-0.39, 0.29) is 5.97 Å². The van der Waals surface area contributed by atoms with E-state index in [1.165, 1.54) is 0 Å². The van der Waals surface area contributed by atoms with Crippen LogP contribution in [0.15, 0.2) is 4.52 Å². The maximum atomic E-state index is 11.9. The van der Waals surface area contributed by atoms with Crippen LogP contribution in [0.5, 0.6) is 0 Å². The molecule has 1 rings (SSSR count). The third-order valence-electron chi connectivity index (χ3n) is 2.74. The third kappa shape index (κ3) is 3.73. The van der Waals surface area contributed by atoms with Gasteiger partial charge in [0.15, 0.2) is 0 Å². The van der Waals surface area contributed by atoms with E-state index in [0.717, 1.165) is 28.6 Å². The number of carbonyl (C=O) groups is 1. The summed E-state index contributed by atoms with van der Waals surface area (Å²) in [5.41, 5.74) is 0.422. The Bertz CT molecular complexity index is 407. The number of hydrogen-bond donors (Lipinski definition) is 0. The molecule has 0 saturated carbocycles. The molecule has 0 N–H and O–H groups in total. The monoisotopic (exact) mass is 361 g/mol. The average Bonchev–Trinajstić information content (AvgIpc) is 2.70. The number of carbonyl (C=O) groups excluding carboxylic acids is 1. The molecule has 1 heterocycles. The Morgan fingerprint density at radius 1 is 1.33 bits per heavy atom. The zero-order chi connectivity index (χ0) is 13.8. The first-order valence-electron chi connectivity index (χ1n) is 6.57. The van der Waals surface area contributed by atoms with Crippen molar-refractivity contribution in [1.29, 1.82) is 0 Å². The van der Waals surface area contributed by atoms with Crippen molar-refractivity contribution in [2.45, 2.75) is 47.9 Å². The number of aromatic nitrogens is 1. The van der Waals surface area contributed by atoms with Crippen LogP contribution in [-0.4, -0.2) is 36.1 Å². The number of hydrogen-bond acceptors (Lipinski definition) is 4. The van der Waals surface area contributed by atoms with Crippen LogP contribution < -0.4 is 3.58 Å². The van der Waals surface area contributed by atoms with Crippen molar-refractivity contribution in [3.63, 3.8) is 0 Å². The molecule has 0 aliphatic carbocycles. The minimum absolute atomic E-state index is 0.342. The van der Waals surface area contributed by atoms with Crippen molar-refractivity contribution in [3.8, 4) is 0 Å². The predicted molar refractivity (Wildman–Crippen MR) is 74.1 cm³/mol. The van der Waals surface area contributed by atoms with Gasteiger partial charge >= 0.3 is 113 Å². The van der Waals surface area contributed by atoms with Gasteiger partial charge in [0, 0.05) is 0 Å². The van der Waals surface area contributed by atoms with E-state index >= 15 is 0 Å². The van der Waals surface area contributed by atoms with Crippen LogP contribution in [0.2, 0.25) is 14.8 Å². The van der Waals surface area contributed by atoms with Gasteiger partial charge in [-0.25, -0.2) is 0 Å². The fourth-order valence-electron chi connectivity index (χ4n) is 1.94. The Balaban J connectivity index is 3.11. The van der Waals surface area contributed by atoms with Gasteiger partial charge in [-0.2, -0.15) is 0 Å². The van der Waals surface area contributed by atoms with E-state index in [2.05, 4.69) is 26.9 Å². The van der Waals surface area contributed by atoms with Gasteiger partial charge in [-0.05, 0) is 0 Å². The Hall–Kier alpha value is -0.521. The van der Waals surface area contributed by atoms with Crippen molar-refractivity contribution < 1.29 is 14.1 Å². The van der Waals surface area contributed by atoms with Gasteiger partial charge < -0.3 is 0 Å². The molecule has 0 saturated heterocycles. The van der Waals surface area contributed by atoms with Crippen molar-refractivity contribution in [1.82, 2.24) is 5.16 Å². The van der Waals surface area contributed by atoms with Crippen LogP contribution in [0.25, 0.3) is 0 Å². The van der Waals surface area contributed by atoms with Gasteiger partial charge in [0.2, 0.25) is 0 Å². The van der Waals surface area contributed by atoms with E-state index in [0.29, 0.717) is 12.3 Å². The molecule has 0 aliphatic rings. The molecular formula is C13H23NO3Sn. The molecule has 18 heavy (non-hydrogen) atoms. The van der Waals surface area contributed by atoms with Crippen LogP contribution in [0.3, 0.4) is 0 Å². The Morgan fingerprint density at radius 2 is 2.00 bits per heavy atom. The van der Waals surface area contributed by atoms with Crippen molar-refractivity contribution in [2.24, 2.45) is 0 Å². The van der Waals surface area contributed by atoms with E-state index in [1.54, 1.807) is 6.92 Å². The summed E-state index contributed by atoms with van der Waals surface area (Å²) in [4.78, 5) is 18.7. The van der Waals surface area contributed by atoms with Crippen LogP contribution in [0, 0.1) is 0 Å². The Kier molecular flexibility index (Phi) is 5.69. The topological polar surface area (TPSA) is 52.3 Å². The van der Waals surface area contributed by atoms with Crippen LogP contribution in [-0.2, 0) is 11.2 Å². The normalized spacial score (nSPS) is 11.6. The summed E-state index contributed by atoms with van der Waals surface area (Å²) >= 11 is -2.43. The molecule has 0 aliphatic heterocycles. The fourth-order valence-corrected chi connectivity index (χ4v) is 7.27. The molecule has 102 valence electrons. The molecule has 0 unspecified atom stereocenters. The number of aryl methyl sites for hydroxylation is 1. The van der Waals surface area contributed by atoms with Crippen LogP contribution in [0.1, 0.15) is 42.9 Å². The summed E-state index contributed by atoms with van der Waals surface area (Å²) < 4.78 is 11.5. The van der Waals surface area contributed by atoms with E-state index in [1.807, 2.05) is 0 Å². The molecule has 0 bridgehead atoms. The Labute approximate surface area is 113 Å². The van der Waals surface area contributed by atoms with Crippen LogP contribution >= 0.6 is 0 Å². The van der Waals surface area contributed by atoms with E-state index in [9.17, 15) is 4.79 Å². The number of unbranched alkanes of at least 4 members (excludes halogenated alkanes) is 1. The summed E-state index contributed by atoms with van der Waals surface area (Å²) in [5.74, 6) is 0.564. The quantitative estimate of drug-likeness (QED) is 0.578. The van der Waals surface area contributed by atoms with E-state index < -0.39 is 18.4 Å². The van der Waals surface area contributed by atoms with Gasteiger partial charge in [-0.15, -0.1) is 0 Å². The SMILES string of the molecule is CCCCc1onc(C(=O)OCC)[c]1[Sn]([CH3])([CH3])[CH3]. The zero-order valence-electron chi connectivity index (χ0n) is 12.0. The molecule has 1 aromatic rings. The molecule has 0 spiro atoms. The van der Waals surface area contributed by atoms with Gasteiger partial charge in [0.25, 0.3) is 0 Å². The second-order valence-corrected chi connectivity index (χ2v) is 19.7. The molecule has 0 fully saturated rings. The number of nitrogens with zero attached hydrogens (tertiary/aromatic N) is 1. The third-order valence-corrected chi connectivity index (χ3v) is 8.49. The van der Waals surface area contributed by atoms with Gasteiger partial charge in [-0.3, -0.25) is 0 Å². The minimum atomic E-state index is -2.43. The number of esters is 1. The van der Waals surface area contributed by atoms with Crippen molar-refractivity contribution in [2.75, 3.05) is 6.61 Å². The summed E-state index contributed by atoms with van der Waals surface area (Å²) in [5, 5.41) is 3.96. The first kappa shape index (κ1) is 15.5. The van der Waals surface area contributed by atoms with Gasteiger partial charge in [0.1, 0.15) is 0 Å². The second-order valence-electron chi connectivity index (χ2n) is 5.40. The second kappa shape index (κ2) is 6.59.